The Labute approximate surface area is 504 Å². The average molecular weight is 1520 g/mol. The normalized spacial score (nSPS) is 13.8. The van der Waals surface area contributed by atoms with Crippen molar-refractivity contribution in [3.63, 3.8) is 0 Å². The van der Waals surface area contributed by atoms with Crippen LogP contribution in [0.25, 0.3) is 34.4 Å². The average Bonchev–Trinajstić information content (AvgIpc) is 4.24. The zero-order chi connectivity index (χ0) is 53.4. The second-order valence-corrected chi connectivity index (χ2v) is 19.8. The molecule has 81 heavy (non-hydrogen) atoms. The fourth-order valence-corrected chi connectivity index (χ4v) is 9.21. The number of anilines is 2. The quantitative estimate of drug-likeness (QED) is 0.0357. The number of ether oxygens (including phenoxy) is 1. The van der Waals surface area contributed by atoms with E-state index in [1.54, 1.807) is 64.4 Å². The first-order valence-corrected chi connectivity index (χ1v) is 26.9. The van der Waals surface area contributed by atoms with Crippen molar-refractivity contribution in [3.8, 4) is 45.9 Å². The Bertz CT molecular complexity index is 3400. The molecule has 25 heteroatoms. The molecule has 3 N–H and O–H groups in total. The van der Waals surface area contributed by atoms with Gasteiger partial charge in [-0.25, -0.2) is 28.7 Å². The Balaban J connectivity index is 0.000000231. The number of fused-ring (bicyclic) bond motifs is 2. The molecule has 12 rings (SSSR count). The molecule has 6 aromatic heterocycles. The molecule has 428 valence electrons. The first kappa shape index (κ1) is 63.7. The van der Waals surface area contributed by atoms with Crippen molar-refractivity contribution in [1.29, 1.82) is 0 Å². The van der Waals surface area contributed by atoms with Crippen molar-refractivity contribution in [2.24, 2.45) is 0 Å². The van der Waals surface area contributed by atoms with E-state index in [1.165, 1.54) is 12.1 Å². The molecular weight excluding hydrogens is 1460 g/mol. The van der Waals surface area contributed by atoms with Crippen molar-refractivity contribution in [2.45, 2.75) is 102 Å². The number of amides is 2. The first-order valence-electron chi connectivity index (χ1n) is 25.8. The first-order chi connectivity index (χ1) is 37.6. The summed E-state index contributed by atoms with van der Waals surface area (Å²) in [5.74, 6) is 1.56. The number of rotatable bonds is 16. The van der Waals surface area contributed by atoms with E-state index in [9.17, 15) is 27.9 Å². The van der Waals surface area contributed by atoms with E-state index in [2.05, 4.69) is 66.9 Å². The molecule has 18 nitrogen and oxygen atoms in total. The molecule has 0 radical (unpaired) electrons. The molecule has 0 unspecified atom stereocenters. The third-order valence-electron chi connectivity index (χ3n) is 13.3. The van der Waals surface area contributed by atoms with Crippen LogP contribution < -0.4 is 15.4 Å². The number of nitrogens with one attached hydrogen (secondary N) is 2. The Morgan fingerprint density at radius 1 is 0.654 bits per heavy atom. The van der Waals surface area contributed by atoms with Crippen LogP contribution in [0.5, 0.6) is 11.5 Å². The monoisotopic (exact) mass is 1520 g/mol. The summed E-state index contributed by atoms with van der Waals surface area (Å²) in [6, 6.07) is 15.2. The third kappa shape index (κ3) is 15.4. The van der Waals surface area contributed by atoms with E-state index >= 15 is 4.39 Å². The molecule has 2 aliphatic heterocycles. The van der Waals surface area contributed by atoms with Crippen LogP contribution in [-0.4, -0.2) is 101 Å². The number of pyridine rings is 2. The number of aromatic hydroxyl groups is 1. The second kappa shape index (κ2) is 29.5. The number of aryl methyl sites for hydroxylation is 2. The van der Waals surface area contributed by atoms with E-state index in [0.717, 1.165) is 118 Å². The summed E-state index contributed by atoms with van der Waals surface area (Å²) < 4.78 is 66.5. The summed E-state index contributed by atoms with van der Waals surface area (Å²) in [6.07, 6.45) is 18.0. The maximum atomic E-state index is 15.2. The summed E-state index contributed by atoms with van der Waals surface area (Å²) in [4.78, 5) is 44.0. The number of aromatic nitrogens is 12. The van der Waals surface area contributed by atoms with Crippen LogP contribution in [0.2, 0.25) is 0 Å². The van der Waals surface area contributed by atoms with Gasteiger partial charge in [-0.3, -0.25) is 18.4 Å². The van der Waals surface area contributed by atoms with Gasteiger partial charge in [0.2, 0.25) is 0 Å². The predicted octanol–water partition coefficient (Wildman–Crippen LogP) is 11.3. The number of alkyl halides is 3. The van der Waals surface area contributed by atoms with E-state index in [0.29, 0.717) is 47.0 Å². The Hall–Kier alpha value is -6.44. The molecule has 0 atom stereocenters. The van der Waals surface area contributed by atoms with Crippen LogP contribution in [0.1, 0.15) is 120 Å². The standard InChI is InChI=1S/C27H27F2N7O2.C24H22FN7O2.C3H6BrF.2CH3.2W/c28-10-4-12-38-23-14-19(29)18(13-22(23)35-15-21(30-16-35)17-8-9-17)27(37)32-24-6-3-5-20(31-24)26-34-33-25-7-1-2-11-36(25)26;25-16-11-20(33)19(31-12-18(26-13-31)14-7-8-14)10-15(16)24(34)28-21-5-3-4-17(27-21)23-30-29-22-6-1-2-9-32(22)23;4-2-1-3-5;;;;/h3,5-6,13-17H,1-2,4,7-12H2,(H,31,32,37);3-5,10-14,33H,1-2,6-9H2,(H,27,28,34);1-3H2;2*1H3;;/q;;;2*-1;;. The van der Waals surface area contributed by atoms with Crippen molar-refractivity contribution in [1.82, 2.24) is 58.6 Å². The van der Waals surface area contributed by atoms with Crippen LogP contribution in [0.15, 0.2) is 85.7 Å². The molecular formula is C56H61BrF4N14O4W2-2. The van der Waals surface area contributed by atoms with E-state index < -0.39 is 30.1 Å². The van der Waals surface area contributed by atoms with Gasteiger partial charge in [0.1, 0.15) is 57.8 Å². The van der Waals surface area contributed by atoms with Crippen molar-refractivity contribution < 1.29 is 79.1 Å². The summed E-state index contributed by atoms with van der Waals surface area (Å²) >= 11 is 3.07. The minimum atomic E-state index is -0.830. The topological polar surface area (TPSA) is 210 Å². The number of halogens is 5. The number of carbonyl (C=O) groups is 2. The van der Waals surface area contributed by atoms with Crippen LogP contribution in [-0.2, 0) is 68.1 Å². The largest absolute Gasteiger partial charge is 0.506 e. The van der Waals surface area contributed by atoms with Gasteiger partial charge in [-0.1, -0.05) is 28.1 Å². The zero-order valence-electron chi connectivity index (χ0n) is 44.7. The van der Waals surface area contributed by atoms with Gasteiger partial charge >= 0.3 is 0 Å². The third-order valence-corrected chi connectivity index (χ3v) is 13.9. The summed E-state index contributed by atoms with van der Waals surface area (Å²) in [5.41, 5.74) is 3.36. The number of benzene rings is 2. The minimum absolute atomic E-state index is 0. The molecule has 2 saturated carbocycles. The minimum Gasteiger partial charge on any atom is -0.506 e. The van der Waals surface area contributed by atoms with Gasteiger partial charge in [-0.15, -0.1) is 20.4 Å². The molecule has 2 amide bonds. The zero-order valence-corrected chi connectivity index (χ0v) is 52.2. The van der Waals surface area contributed by atoms with Gasteiger partial charge in [0, 0.05) is 116 Å². The number of phenolic OH excluding ortho intramolecular Hbond substituents is 1. The summed E-state index contributed by atoms with van der Waals surface area (Å²) in [5, 5.41) is 33.5. The van der Waals surface area contributed by atoms with Crippen molar-refractivity contribution in [3.05, 3.63) is 146 Å². The smallest absolute Gasteiger partial charge is 0.259 e. The predicted molar refractivity (Wildman–Crippen MR) is 294 cm³/mol. The Morgan fingerprint density at radius 2 is 1.14 bits per heavy atom. The van der Waals surface area contributed by atoms with E-state index in [-0.39, 0.29) is 117 Å². The fourth-order valence-electron chi connectivity index (χ4n) is 8.99. The van der Waals surface area contributed by atoms with Gasteiger partial charge < -0.3 is 53.6 Å². The molecule has 0 saturated heterocycles. The van der Waals surface area contributed by atoms with Crippen LogP contribution in [0, 0.1) is 26.5 Å². The number of phenols is 1. The molecule has 2 aromatic carbocycles. The van der Waals surface area contributed by atoms with Crippen LogP contribution >= 0.6 is 15.9 Å². The Kier molecular flexibility index (Phi) is 23.2. The van der Waals surface area contributed by atoms with Gasteiger partial charge in [0.05, 0.1) is 66.5 Å². The molecule has 8 heterocycles. The van der Waals surface area contributed by atoms with Crippen LogP contribution in [0.3, 0.4) is 0 Å². The van der Waals surface area contributed by atoms with Gasteiger partial charge in [0.15, 0.2) is 11.6 Å². The molecule has 2 fully saturated rings. The molecule has 4 aliphatic rings. The van der Waals surface area contributed by atoms with Gasteiger partial charge in [-0.2, -0.15) is 0 Å². The fraction of sp³-hybridized carbons (Fsp3) is 0.357. The van der Waals surface area contributed by atoms with Crippen molar-refractivity contribution >= 4 is 39.4 Å². The molecule has 8 aromatic rings. The molecule has 0 spiro atoms. The Morgan fingerprint density at radius 3 is 1.60 bits per heavy atom. The number of hydrogen-bond donors (Lipinski definition) is 3. The number of imidazole rings is 2. The summed E-state index contributed by atoms with van der Waals surface area (Å²) in [6.45, 7) is 0.986. The van der Waals surface area contributed by atoms with E-state index in [4.69, 9.17) is 4.74 Å². The maximum absolute atomic E-state index is 15.2. The SMILES string of the molecule is FCCCBr.O=C(Nc1cccc(-c2nnc3n2CCCC3)n1)c1cc(-n2cnc(C3CC3)c2)c(O)cc1F.O=C(Nc1cccc(-c2nnc3n2CCCC3)n1)c1cc(-n2cnc(C3CC3)c2)c(OCCCF)cc1F.[CH3-].[CH3-].[W].[W]. The number of carbonyl (C=O) groups excluding carboxylic acids is 2. The summed E-state index contributed by atoms with van der Waals surface area (Å²) in [7, 11) is 0. The van der Waals surface area contributed by atoms with Gasteiger partial charge in [0.25, 0.3) is 11.8 Å². The van der Waals surface area contributed by atoms with Crippen molar-refractivity contribution in [2.75, 3.05) is 35.9 Å². The number of nitrogens with zero attached hydrogens (tertiary/aromatic N) is 12. The molecule has 2 aliphatic carbocycles. The number of hydrogen-bond acceptors (Lipinski definition) is 12. The second-order valence-electron chi connectivity index (χ2n) is 19.0. The van der Waals surface area contributed by atoms with E-state index in [1.807, 2.05) is 15.3 Å². The molecule has 0 bridgehead atoms. The van der Waals surface area contributed by atoms with Gasteiger partial charge in [-0.05, 0) is 94.2 Å². The van der Waals surface area contributed by atoms with Crippen LogP contribution in [0.4, 0.5) is 29.2 Å². The maximum Gasteiger partial charge on any atom is 0.259 e.